The molecule has 1 spiro atoms. The molecule has 4 aromatic rings. The third kappa shape index (κ3) is 3.22. The van der Waals surface area contributed by atoms with Crippen molar-refractivity contribution in [1.82, 2.24) is 0 Å². The van der Waals surface area contributed by atoms with Gasteiger partial charge in [-0.25, -0.2) is 0 Å². The summed E-state index contributed by atoms with van der Waals surface area (Å²) in [6, 6.07) is 23.0. The summed E-state index contributed by atoms with van der Waals surface area (Å²) < 4.78 is -0.567. The van der Waals surface area contributed by atoms with E-state index < -0.39 is 11.2 Å². The van der Waals surface area contributed by atoms with E-state index >= 15 is 0 Å². The first-order chi connectivity index (χ1) is 18.9. The van der Waals surface area contributed by atoms with E-state index in [1.165, 1.54) is 0 Å². The van der Waals surface area contributed by atoms with Gasteiger partial charge in [0.15, 0.2) is 11.2 Å². The Labute approximate surface area is 242 Å². The zero-order valence-electron chi connectivity index (χ0n) is 20.8. The third-order valence-electron chi connectivity index (χ3n) is 8.66. The minimum absolute atomic E-state index is 0.00537. The van der Waals surface area contributed by atoms with E-state index in [-0.39, 0.29) is 26.1 Å². The van der Waals surface area contributed by atoms with E-state index in [1.807, 2.05) is 72.8 Å². The van der Waals surface area contributed by atoms with Gasteiger partial charge in [0.1, 0.15) is 0 Å². The van der Waals surface area contributed by atoms with Crippen molar-refractivity contribution in [2.75, 3.05) is 23.0 Å². The van der Waals surface area contributed by atoms with Gasteiger partial charge in [-0.3, -0.25) is 9.59 Å². The summed E-state index contributed by atoms with van der Waals surface area (Å²) >= 11 is 6.71. The topological polar surface area (TPSA) is 74.6 Å². The highest BCUT2D eigenvalue weighted by molar-refractivity contribution is 8.19. The van der Waals surface area contributed by atoms with Crippen LogP contribution in [0.2, 0.25) is 0 Å². The lowest BCUT2D eigenvalue weighted by molar-refractivity contribution is 0.0409. The van der Waals surface area contributed by atoms with Crippen LogP contribution in [0, 0.1) is 5.41 Å². The van der Waals surface area contributed by atoms with Crippen LogP contribution in [-0.4, -0.2) is 54.0 Å². The lowest BCUT2D eigenvalue weighted by Crippen LogP contribution is -2.50. The zero-order valence-corrected chi connectivity index (χ0v) is 24.0. The lowest BCUT2D eigenvalue weighted by atomic mass is 9.95. The number of hydrogen-bond donors (Lipinski definition) is 2. The Hall–Kier alpha value is -1.94. The Morgan fingerprint density at radius 1 is 0.564 bits per heavy atom. The number of carbonyl (C=O) groups excluding carboxylic acids is 2. The molecule has 2 heterocycles. The van der Waals surface area contributed by atoms with Crippen molar-refractivity contribution in [3.63, 3.8) is 0 Å². The van der Waals surface area contributed by atoms with Gasteiger partial charge in [0, 0.05) is 50.7 Å². The van der Waals surface area contributed by atoms with Crippen LogP contribution in [-0.2, 0) is 11.2 Å². The van der Waals surface area contributed by atoms with Crippen molar-refractivity contribution in [3.05, 3.63) is 95.1 Å². The molecule has 2 atom stereocenters. The van der Waals surface area contributed by atoms with Crippen LogP contribution < -0.4 is 0 Å². The summed E-state index contributed by atoms with van der Waals surface area (Å²) in [4.78, 5) is 27.1. The van der Waals surface area contributed by atoms with Gasteiger partial charge < -0.3 is 10.2 Å². The van der Waals surface area contributed by atoms with Gasteiger partial charge in [0.2, 0.25) is 11.6 Å². The molecule has 0 bridgehead atoms. The summed E-state index contributed by atoms with van der Waals surface area (Å²) in [5, 5.41) is 27.6. The monoisotopic (exact) mass is 588 g/mol. The maximum atomic E-state index is 13.5. The quantitative estimate of drug-likeness (QED) is 0.293. The Morgan fingerprint density at radius 3 is 1.31 bits per heavy atom. The first-order valence-corrected chi connectivity index (χ1v) is 17.1. The van der Waals surface area contributed by atoms with Gasteiger partial charge in [-0.2, -0.15) is 0 Å². The minimum atomic E-state index is -1.53. The molecule has 196 valence electrons. The second kappa shape index (κ2) is 8.54. The Balaban J connectivity index is 1.02. The molecule has 8 rings (SSSR count). The summed E-state index contributed by atoms with van der Waals surface area (Å²) in [6.07, 6.45) is 0. The van der Waals surface area contributed by atoms with Gasteiger partial charge in [-0.1, -0.05) is 72.8 Å². The molecule has 0 aromatic heterocycles. The highest BCUT2D eigenvalue weighted by Gasteiger charge is 2.57. The SMILES string of the molecule is O=C1c2cccc3cccc(c23)C1(O)C1SCC2(CS1)CSC(C1(O)C(=O)c3cccc4cccc1c34)SC2. The second-order valence-electron chi connectivity index (χ2n) is 11.0. The number of thioether (sulfide) groups is 4. The van der Waals surface area contributed by atoms with E-state index in [0.29, 0.717) is 11.1 Å². The van der Waals surface area contributed by atoms with Crippen molar-refractivity contribution in [1.29, 1.82) is 0 Å². The van der Waals surface area contributed by atoms with E-state index in [4.69, 9.17) is 0 Å². The Morgan fingerprint density at radius 2 is 0.923 bits per heavy atom. The number of ketones is 2. The van der Waals surface area contributed by atoms with Gasteiger partial charge >= 0.3 is 0 Å². The highest BCUT2D eigenvalue weighted by atomic mass is 32.2. The van der Waals surface area contributed by atoms with E-state index in [0.717, 1.165) is 55.7 Å². The average molecular weight is 589 g/mol. The minimum Gasteiger partial charge on any atom is -0.375 e. The van der Waals surface area contributed by atoms with Gasteiger partial charge in [0.05, 0.1) is 9.16 Å². The molecular formula is C31H24O4S4. The van der Waals surface area contributed by atoms with Crippen LogP contribution in [0.4, 0.5) is 0 Å². The van der Waals surface area contributed by atoms with Crippen LogP contribution in [0.15, 0.2) is 72.8 Å². The van der Waals surface area contributed by atoms with Gasteiger partial charge in [-0.15, -0.1) is 47.0 Å². The number of rotatable bonds is 2. The van der Waals surface area contributed by atoms with E-state index in [2.05, 4.69) is 0 Å². The predicted octanol–water partition coefficient (Wildman–Crippen LogP) is 6.06. The van der Waals surface area contributed by atoms with Crippen molar-refractivity contribution in [2.45, 2.75) is 20.4 Å². The molecule has 4 aromatic carbocycles. The van der Waals surface area contributed by atoms with Crippen molar-refractivity contribution < 1.29 is 19.8 Å². The number of carbonyl (C=O) groups is 2. The molecule has 39 heavy (non-hydrogen) atoms. The summed E-state index contributed by atoms with van der Waals surface area (Å²) in [5.74, 6) is 2.89. The molecular weight excluding hydrogens is 565 g/mol. The molecule has 2 aliphatic heterocycles. The molecule has 0 radical (unpaired) electrons. The van der Waals surface area contributed by atoms with Crippen molar-refractivity contribution in [3.8, 4) is 0 Å². The molecule has 2 aliphatic carbocycles. The van der Waals surface area contributed by atoms with Gasteiger partial charge in [0.25, 0.3) is 0 Å². The third-order valence-corrected chi connectivity index (χ3v) is 16.0. The normalized spacial score (nSPS) is 33.5. The van der Waals surface area contributed by atoms with Crippen LogP contribution >= 0.6 is 47.0 Å². The first kappa shape index (κ1) is 24.8. The summed E-state index contributed by atoms with van der Waals surface area (Å²) in [5.41, 5.74) is -0.380. The smallest absolute Gasteiger partial charge is 0.201 e. The lowest BCUT2D eigenvalue weighted by Gasteiger charge is -2.47. The molecule has 2 fully saturated rings. The maximum Gasteiger partial charge on any atom is 0.201 e. The molecule has 0 saturated carbocycles. The predicted molar refractivity (Wildman–Crippen MR) is 164 cm³/mol. The molecule has 2 N–H and O–H groups in total. The van der Waals surface area contributed by atoms with Crippen molar-refractivity contribution >= 4 is 80.2 Å². The fourth-order valence-electron chi connectivity index (χ4n) is 6.66. The van der Waals surface area contributed by atoms with E-state index in [9.17, 15) is 19.8 Å². The number of Topliss-reactive ketones (excluding diaryl/α,β-unsaturated/α-hetero) is 2. The zero-order chi connectivity index (χ0) is 26.6. The molecule has 8 heteroatoms. The molecule has 2 unspecified atom stereocenters. The fourth-order valence-corrected chi connectivity index (χ4v) is 14.2. The first-order valence-electron chi connectivity index (χ1n) is 12.9. The average Bonchev–Trinajstić information content (AvgIpc) is 3.34. The Kier molecular flexibility index (Phi) is 5.43. The summed E-state index contributed by atoms with van der Waals surface area (Å²) in [7, 11) is 0. The number of aliphatic hydroxyl groups is 2. The molecule has 4 nitrogen and oxygen atoms in total. The molecule has 0 amide bonds. The van der Waals surface area contributed by atoms with Gasteiger partial charge in [-0.05, 0) is 21.5 Å². The Bertz CT molecular complexity index is 1580. The summed E-state index contributed by atoms with van der Waals surface area (Å²) in [6.45, 7) is 0. The van der Waals surface area contributed by atoms with Crippen LogP contribution in [0.1, 0.15) is 31.8 Å². The van der Waals surface area contributed by atoms with Crippen LogP contribution in [0.5, 0.6) is 0 Å². The second-order valence-corrected chi connectivity index (χ2v) is 16.0. The van der Waals surface area contributed by atoms with Crippen LogP contribution in [0.25, 0.3) is 21.5 Å². The van der Waals surface area contributed by atoms with Crippen LogP contribution in [0.3, 0.4) is 0 Å². The standard InChI is InChI=1S/C31H24O4S4/c32-25-19-9-1-5-17-7-3-11-21(23(17)19)30(25,34)27-36-13-29(14-37-27)15-38-28(39-16-29)31(35)22-12-4-8-18-6-2-10-20(24(18)22)26(31)33/h1-12,27-28,34-35H,13-16H2. The maximum absolute atomic E-state index is 13.5. The fraction of sp³-hybridized carbons (Fsp3) is 0.290. The number of benzene rings is 4. The van der Waals surface area contributed by atoms with Crippen molar-refractivity contribution in [2.24, 2.45) is 5.41 Å². The number of hydrogen-bond acceptors (Lipinski definition) is 8. The molecule has 2 saturated heterocycles. The largest absolute Gasteiger partial charge is 0.375 e. The molecule has 4 aliphatic rings. The van der Waals surface area contributed by atoms with E-state index in [1.54, 1.807) is 47.0 Å². The highest BCUT2D eigenvalue weighted by Crippen LogP contribution is 2.59.